The van der Waals surface area contributed by atoms with Crippen LogP contribution in [0.25, 0.3) is 0 Å². The molecule has 1 aromatic rings. The molecule has 1 heterocycles. The van der Waals surface area contributed by atoms with E-state index in [4.69, 9.17) is 11.6 Å². The molecule has 20 heavy (non-hydrogen) atoms. The van der Waals surface area contributed by atoms with Crippen molar-refractivity contribution in [2.45, 2.75) is 57.6 Å². The molecule has 1 amide bonds. The standard InChI is InChI=1S/C15H21ClN2O2/c1-2-4-11-7-10(8-14(16)17-11)15(20)18-12-5-3-6-13(19)9-12/h7-8,12-13,19H,2-6,9H2,1H3,(H,18,20). The molecule has 5 heteroatoms. The Bertz CT molecular complexity index is 479. The SMILES string of the molecule is CCCc1cc(C(=O)NC2CCCC(O)C2)cc(Cl)n1. The number of aromatic nitrogens is 1. The van der Waals surface area contributed by atoms with E-state index in [1.165, 1.54) is 0 Å². The molecule has 2 rings (SSSR count). The number of hydrogen-bond donors (Lipinski definition) is 2. The van der Waals surface area contributed by atoms with Gasteiger partial charge in [-0.05, 0) is 44.2 Å². The maximum absolute atomic E-state index is 12.2. The highest BCUT2D eigenvalue weighted by atomic mass is 35.5. The number of rotatable bonds is 4. The minimum absolute atomic E-state index is 0.0489. The number of halogens is 1. The lowest BCUT2D eigenvalue weighted by molar-refractivity contribution is 0.0849. The van der Waals surface area contributed by atoms with Crippen molar-refractivity contribution in [3.05, 3.63) is 28.5 Å². The Morgan fingerprint density at radius 1 is 1.50 bits per heavy atom. The number of aliphatic hydroxyl groups excluding tert-OH is 1. The summed E-state index contributed by atoms with van der Waals surface area (Å²) in [6, 6.07) is 3.44. The zero-order chi connectivity index (χ0) is 14.5. The molecular weight excluding hydrogens is 276 g/mol. The first-order valence-electron chi connectivity index (χ1n) is 7.24. The van der Waals surface area contributed by atoms with Crippen LogP contribution in [0.5, 0.6) is 0 Å². The maximum Gasteiger partial charge on any atom is 0.251 e. The van der Waals surface area contributed by atoms with Gasteiger partial charge < -0.3 is 10.4 Å². The highest BCUT2D eigenvalue weighted by molar-refractivity contribution is 6.29. The quantitative estimate of drug-likeness (QED) is 0.840. The number of pyridine rings is 1. The van der Waals surface area contributed by atoms with E-state index in [2.05, 4.69) is 17.2 Å². The first kappa shape index (κ1) is 15.3. The molecule has 2 N–H and O–H groups in total. The fourth-order valence-corrected chi connectivity index (χ4v) is 2.86. The van der Waals surface area contributed by atoms with E-state index < -0.39 is 0 Å². The molecule has 4 nitrogen and oxygen atoms in total. The van der Waals surface area contributed by atoms with Crippen molar-refractivity contribution >= 4 is 17.5 Å². The summed E-state index contributed by atoms with van der Waals surface area (Å²) >= 11 is 5.96. The average molecular weight is 297 g/mol. The zero-order valence-corrected chi connectivity index (χ0v) is 12.5. The second-order valence-electron chi connectivity index (χ2n) is 5.41. The smallest absolute Gasteiger partial charge is 0.251 e. The van der Waals surface area contributed by atoms with Gasteiger partial charge >= 0.3 is 0 Å². The molecule has 1 aliphatic carbocycles. The average Bonchev–Trinajstić information content (AvgIpc) is 2.38. The Kier molecular flexibility index (Phi) is 5.38. The summed E-state index contributed by atoms with van der Waals surface area (Å²) in [5.41, 5.74) is 1.39. The summed E-state index contributed by atoms with van der Waals surface area (Å²) in [5.74, 6) is -0.134. The second kappa shape index (κ2) is 7.04. The normalized spacial score (nSPS) is 22.6. The van der Waals surface area contributed by atoms with E-state index in [9.17, 15) is 9.90 Å². The second-order valence-corrected chi connectivity index (χ2v) is 5.80. The number of nitrogens with zero attached hydrogens (tertiary/aromatic N) is 1. The molecule has 0 radical (unpaired) electrons. The fourth-order valence-electron chi connectivity index (χ4n) is 2.63. The predicted octanol–water partition coefficient (Wildman–Crippen LogP) is 2.72. The van der Waals surface area contributed by atoms with Crippen molar-refractivity contribution < 1.29 is 9.90 Å². The summed E-state index contributed by atoms with van der Waals surface area (Å²) < 4.78 is 0. The number of aryl methyl sites for hydroxylation is 1. The van der Waals surface area contributed by atoms with E-state index in [0.717, 1.165) is 37.8 Å². The van der Waals surface area contributed by atoms with Crippen molar-refractivity contribution in [1.82, 2.24) is 10.3 Å². The minimum atomic E-state index is -0.300. The first-order chi connectivity index (χ1) is 9.58. The number of aliphatic hydroxyl groups is 1. The third-order valence-corrected chi connectivity index (χ3v) is 3.79. The molecule has 1 fully saturated rings. The van der Waals surface area contributed by atoms with Gasteiger partial charge in [-0.3, -0.25) is 4.79 Å². The number of hydrogen-bond acceptors (Lipinski definition) is 3. The molecule has 2 atom stereocenters. The van der Waals surface area contributed by atoms with Crippen LogP contribution in [0.3, 0.4) is 0 Å². The van der Waals surface area contributed by atoms with Gasteiger partial charge in [0.15, 0.2) is 0 Å². The van der Waals surface area contributed by atoms with Crippen LogP contribution in [0.1, 0.15) is 55.1 Å². The summed E-state index contributed by atoms with van der Waals surface area (Å²) in [7, 11) is 0. The molecule has 0 spiro atoms. The van der Waals surface area contributed by atoms with Gasteiger partial charge in [-0.2, -0.15) is 0 Å². The Labute approximate surface area is 124 Å². The largest absolute Gasteiger partial charge is 0.393 e. The number of carbonyl (C=O) groups is 1. The molecule has 0 saturated heterocycles. The molecule has 110 valence electrons. The van der Waals surface area contributed by atoms with Gasteiger partial charge in [0.25, 0.3) is 5.91 Å². The highest BCUT2D eigenvalue weighted by Crippen LogP contribution is 2.19. The van der Waals surface area contributed by atoms with Crippen molar-refractivity contribution in [2.24, 2.45) is 0 Å². The van der Waals surface area contributed by atoms with Gasteiger partial charge in [-0.15, -0.1) is 0 Å². The molecular formula is C15H21ClN2O2. The van der Waals surface area contributed by atoms with Crippen molar-refractivity contribution in [3.63, 3.8) is 0 Å². The summed E-state index contributed by atoms with van der Waals surface area (Å²) in [6.07, 6.45) is 4.80. The van der Waals surface area contributed by atoms with Crippen LogP contribution < -0.4 is 5.32 Å². The minimum Gasteiger partial charge on any atom is -0.393 e. The van der Waals surface area contributed by atoms with E-state index >= 15 is 0 Å². The molecule has 2 unspecified atom stereocenters. The molecule has 1 aliphatic rings. The Hall–Kier alpha value is -1.13. The monoisotopic (exact) mass is 296 g/mol. The van der Waals surface area contributed by atoms with Crippen LogP contribution in [0.15, 0.2) is 12.1 Å². The predicted molar refractivity (Wildman–Crippen MR) is 79.0 cm³/mol. The van der Waals surface area contributed by atoms with Gasteiger partial charge in [0.05, 0.1) is 6.10 Å². The van der Waals surface area contributed by atoms with Crippen molar-refractivity contribution in [3.8, 4) is 0 Å². The molecule has 1 saturated carbocycles. The molecule has 1 aromatic heterocycles. The highest BCUT2D eigenvalue weighted by Gasteiger charge is 2.22. The van der Waals surface area contributed by atoms with Gasteiger partial charge in [0.2, 0.25) is 0 Å². The van der Waals surface area contributed by atoms with E-state index in [1.54, 1.807) is 12.1 Å². The lowest BCUT2D eigenvalue weighted by Gasteiger charge is -2.26. The van der Waals surface area contributed by atoms with Gasteiger partial charge in [0, 0.05) is 17.3 Å². The third kappa shape index (κ3) is 4.18. The van der Waals surface area contributed by atoms with Crippen LogP contribution in [-0.2, 0) is 6.42 Å². The third-order valence-electron chi connectivity index (χ3n) is 3.60. The van der Waals surface area contributed by atoms with Crippen LogP contribution in [0.2, 0.25) is 5.15 Å². The van der Waals surface area contributed by atoms with Gasteiger partial charge in [0.1, 0.15) is 5.15 Å². The van der Waals surface area contributed by atoms with Crippen LogP contribution in [0, 0.1) is 0 Å². The summed E-state index contributed by atoms with van der Waals surface area (Å²) in [5, 5.41) is 13.0. The number of nitrogens with one attached hydrogen (secondary N) is 1. The Morgan fingerprint density at radius 3 is 3.00 bits per heavy atom. The van der Waals surface area contributed by atoms with Crippen LogP contribution in [0.4, 0.5) is 0 Å². The van der Waals surface area contributed by atoms with Gasteiger partial charge in [-0.1, -0.05) is 24.9 Å². The van der Waals surface area contributed by atoms with Crippen LogP contribution >= 0.6 is 11.6 Å². The molecule has 0 bridgehead atoms. The fraction of sp³-hybridized carbons (Fsp3) is 0.600. The van der Waals surface area contributed by atoms with Crippen molar-refractivity contribution in [2.75, 3.05) is 0 Å². The lowest BCUT2D eigenvalue weighted by atomic mass is 9.93. The first-order valence-corrected chi connectivity index (χ1v) is 7.61. The lowest BCUT2D eigenvalue weighted by Crippen LogP contribution is -2.39. The van der Waals surface area contributed by atoms with Crippen molar-refractivity contribution in [1.29, 1.82) is 0 Å². The zero-order valence-electron chi connectivity index (χ0n) is 11.7. The number of amides is 1. The molecule has 0 aromatic carbocycles. The summed E-state index contributed by atoms with van der Waals surface area (Å²) in [6.45, 7) is 2.06. The van der Waals surface area contributed by atoms with E-state index in [1.807, 2.05) is 0 Å². The Morgan fingerprint density at radius 2 is 2.30 bits per heavy atom. The van der Waals surface area contributed by atoms with Crippen LogP contribution in [-0.4, -0.2) is 28.1 Å². The topological polar surface area (TPSA) is 62.2 Å². The van der Waals surface area contributed by atoms with E-state index in [0.29, 0.717) is 17.1 Å². The Balaban J connectivity index is 2.04. The number of carbonyl (C=O) groups excluding carboxylic acids is 1. The summed E-state index contributed by atoms with van der Waals surface area (Å²) in [4.78, 5) is 16.5. The molecule has 0 aliphatic heterocycles. The van der Waals surface area contributed by atoms with Gasteiger partial charge in [-0.25, -0.2) is 4.98 Å². The van der Waals surface area contributed by atoms with E-state index in [-0.39, 0.29) is 18.1 Å². The maximum atomic E-state index is 12.2.